The van der Waals surface area contributed by atoms with E-state index in [4.69, 9.17) is 11.6 Å². The number of alkyl halides is 1. The van der Waals surface area contributed by atoms with Gasteiger partial charge in [0.25, 0.3) is 11.7 Å². The van der Waals surface area contributed by atoms with Crippen molar-refractivity contribution in [1.29, 1.82) is 0 Å². The van der Waals surface area contributed by atoms with Crippen LogP contribution in [0.25, 0.3) is 0 Å². The molecule has 0 aliphatic carbocycles. The molecule has 16 heavy (non-hydrogen) atoms. The fourth-order valence-corrected chi connectivity index (χ4v) is 2.30. The molecule has 1 aliphatic heterocycles. The highest BCUT2D eigenvalue weighted by molar-refractivity contribution is 6.52. The van der Waals surface area contributed by atoms with E-state index < -0.39 is 11.7 Å². The second-order valence-electron chi connectivity index (χ2n) is 3.95. The molecular formula is C12H12ClNO2. The number of carbonyl (C=O) groups is 2. The van der Waals surface area contributed by atoms with Crippen LogP contribution in [0.1, 0.15) is 21.5 Å². The molecule has 0 aromatic heterocycles. The summed E-state index contributed by atoms with van der Waals surface area (Å²) in [5.41, 5.74) is 3.17. The molecule has 1 amide bonds. The maximum Gasteiger partial charge on any atom is 0.299 e. The number of ketones is 1. The summed E-state index contributed by atoms with van der Waals surface area (Å²) in [4.78, 5) is 25.0. The molecule has 0 atom stereocenters. The molecule has 0 radical (unpaired) electrons. The second-order valence-corrected chi connectivity index (χ2v) is 4.33. The lowest BCUT2D eigenvalue weighted by Crippen LogP contribution is -2.31. The minimum atomic E-state index is -0.468. The zero-order valence-electron chi connectivity index (χ0n) is 9.21. The zero-order valence-corrected chi connectivity index (χ0v) is 9.97. The van der Waals surface area contributed by atoms with Crippen LogP contribution in [0.3, 0.4) is 0 Å². The van der Waals surface area contributed by atoms with Gasteiger partial charge in [-0.05, 0) is 31.0 Å². The molecule has 0 spiro atoms. The predicted octanol–water partition coefficient (Wildman–Crippen LogP) is 2.07. The Balaban J connectivity index is 2.60. The van der Waals surface area contributed by atoms with Crippen LogP contribution in [0.4, 0.5) is 5.69 Å². The van der Waals surface area contributed by atoms with Gasteiger partial charge in [0.15, 0.2) is 0 Å². The van der Waals surface area contributed by atoms with Gasteiger partial charge in [0.05, 0.1) is 11.3 Å². The van der Waals surface area contributed by atoms with E-state index in [1.807, 2.05) is 19.9 Å². The third-order valence-electron chi connectivity index (χ3n) is 2.71. The number of amides is 1. The fourth-order valence-electron chi connectivity index (χ4n) is 2.13. The molecule has 1 aromatic carbocycles. The van der Waals surface area contributed by atoms with Crippen molar-refractivity contribution in [2.45, 2.75) is 13.8 Å². The molecule has 0 saturated carbocycles. The van der Waals surface area contributed by atoms with Gasteiger partial charge in [0.1, 0.15) is 0 Å². The van der Waals surface area contributed by atoms with Crippen molar-refractivity contribution < 1.29 is 9.59 Å². The third-order valence-corrected chi connectivity index (χ3v) is 2.88. The monoisotopic (exact) mass is 237 g/mol. The number of carbonyl (C=O) groups excluding carboxylic acids is 2. The molecule has 0 bridgehead atoms. The summed E-state index contributed by atoms with van der Waals surface area (Å²) in [6.07, 6.45) is 0. The van der Waals surface area contributed by atoms with Gasteiger partial charge in [0.2, 0.25) is 0 Å². The average molecular weight is 238 g/mol. The molecule has 1 aromatic rings. The number of hydrogen-bond donors (Lipinski definition) is 0. The Bertz CT molecular complexity index is 482. The van der Waals surface area contributed by atoms with Crippen LogP contribution in [0.15, 0.2) is 12.1 Å². The first-order valence-electron chi connectivity index (χ1n) is 5.09. The zero-order chi connectivity index (χ0) is 11.9. The van der Waals surface area contributed by atoms with Crippen LogP contribution < -0.4 is 4.90 Å². The minimum Gasteiger partial charge on any atom is -0.303 e. The molecule has 0 saturated heterocycles. The van der Waals surface area contributed by atoms with Crippen LogP contribution >= 0.6 is 11.6 Å². The molecule has 3 nitrogen and oxygen atoms in total. The first kappa shape index (κ1) is 11.1. The van der Waals surface area contributed by atoms with E-state index in [1.54, 1.807) is 6.07 Å². The minimum absolute atomic E-state index is 0.325. The normalized spacial score (nSPS) is 14.6. The number of nitrogens with zero attached hydrogens (tertiary/aromatic N) is 1. The summed E-state index contributed by atoms with van der Waals surface area (Å²) in [7, 11) is 0. The fraction of sp³-hybridized carbons (Fsp3) is 0.333. The standard InChI is InChI=1S/C12H12ClNO2/c1-7-5-8(2)10-9(6-7)11(15)12(16)14(10)4-3-13/h5-6H,3-4H2,1-2H3. The molecule has 84 valence electrons. The van der Waals surface area contributed by atoms with Crippen molar-refractivity contribution in [2.75, 3.05) is 17.3 Å². The van der Waals surface area contributed by atoms with E-state index in [0.717, 1.165) is 16.8 Å². The predicted molar refractivity (Wildman–Crippen MR) is 63.3 cm³/mol. The lowest BCUT2D eigenvalue weighted by molar-refractivity contribution is -0.114. The molecule has 0 unspecified atom stereocenters. The highest BCUT2D eigenvalue weighted by atomic mass is 35.5. The number of fused-ring (bicyclic) bond motifs is 1. The van der Waals surface area contributed by atoms with Gasteiger partial charge in [0, 0.05) is 12.4 Å². The number of hydrogen-bond acceptors (Lipinski definition) is 2. The summed E-state index contributed by atoms with van der Waals surface area (Å²) in [5.74, 6) is -0.567. The van der Waals surface area contributed by atoms with E-state index in [1.165, 1.54) is 4.90 Å². The number of benzene rings is 1. The Labute approximate surface area is 99.0 Å². The van der Waals surface area contributed by atoms with Crippen molar-refractivity contribution in [3.63, 3.8) is 0 Å². The lowest BCUT2D eigenvalue weighted by atomic mass is 10.0. The van der Waals surface area contributed by atoms with Crippen LogP contribution in [0.5, 0.6) is 0 Å². The smallest absolute Gasteiger partial charge is 0.299 e. The van der Waals surface area contributed by atoms with Crippen molar-refractivity contribution in [3.8, 4) is 0 Å². The van der Waals surface area contributed by atoms with E-state index in [-0.39, 0.29) is 0 Å². The third kappa shape index (κ3) is 1.52. The number of halogens is 1. The first-order chi connectivity index (χ1) is 7.56. The Hall–Kier alpha value is -1.35. The Kier molecular flexibility index (Phi) is 2.72. The van der Waals surface area contributed by atoms with Gasteiger partial charge in [-0.1, -0.05) is 6.07 Å². The van der Waals surface area contributed by atoms with E-state index in [0.29, 0.717) is 18.0 Å². The van der Waals surface area contributed by atoms with E-state index in [9.17, 15) is 9.59 Å². The summed E-state index contributed by atoms with van der Waals surface area (Å²) in [5, 5.41) is 0. The molecule has 4 heteroatoms. The molecule has 0 fully saturated rings. The second kappa shape index (κ2) is 3.91. The topological polar surface area (TPSA) is 37.4 Å². The number of aryl methyl sites for hydroxylation is 2. The van der Waals surface area contributed by atoms with E-state index >= 15 is 0 Å². The van der Waals surface area contributed by atoms with Crippen LogP contribution in [-0.4, -0.2) is 24.1 Å². The molecular weight excluding hydrogens is 226 g/mol. The van der Waals surface area contributed by atoms with Gasteiger partial charge >= 0.3 is 0 Å². The van der Waals surface area contributed by atoms with Crippen LogP contribution in [-0.2, 0) is 4.79 Å². The highest BCUT2D eigenvalue weighted by Crippen LogP contribution is 2.33. The average Bonchev–Trinajstić information content (AvgIpc) is 2.44. The van der Waals surface area contributed by atoms with Crippen molar-refractivity contribution in [2.24, 2.45) is 0 Å². The summed E-state index contributed by atoms with van der Waals surface area (Å²) < 4.78 is 0. The molecule has 1 heterocycles. The van der Waals surface area contributed by atoms with E-state index in [2.05, 4.69) is 0 Å². The SMILES string of the molecule is Cc1cc(C)c2c(c1)C(=O)C(=O)N2CCCl. The molecule has 0 N–H and O–H groups in total. The Morgan fingerprint density at radius 2 is 1.94 bits per heavy atom. The quantitative estimate of drug-likeness (QED) is 0.583. The van der Waals surface area contributed by atoms with Gasteiger partial charge in [-0.2, -0.15) is 0 Å². The maximum absolute atomic E-state index is 11.8. The molecule has 2 rings (SSSR count). The molecule has 1 aliphatic rings. The van der Waals surface area contributed by atoms with Crippen molar-refractivity contribution in [1.82, 2.24) is 0 Å². The Morgan fingerprint density at radius 1 is 1.25 bits per heavy atom. The summed E-state index contributed by atoms with van der Waals surface area (Å²) in [6, 6.07) is 3.72. The van der Waals surface area contributed by atoms with Gasteiger partial charge in [-0.25, -0.2) is 0 Å². The largest absolute Gasteiger partial charge is 0.303 e. The number of anilines is 1. The Morgan fingerprint density at radius 3 is 2.56 bits per heavy atom. The van der Waals surface area contributed by atoms with Gasteiger partial charge in [-0.3, -0.25) is 9.59 Å². The number of Topliss-reactive ketones (excluding diaryl/α,β-unsaturated/α-hetero) is 1. The first-order valence-corrected chi connectivity index (χ1v) is 5.63. The van der Waals surface area contributed by atoms with Crippen LogP contribution in [0, 0.1) is 13.8 Å². The lowest BCUT2D eigenvalue weighted by Gasteiger charge is -2.17. The van der Waals surface area contributed by atoms with Crippen LogP contribution in [0.2, 0.25) is 0 Å². The van der Waals surface area contributed by atoms with Gasteiger partial charge in [-0.15, -0.1) is 11.6 Å². The maximum atomic E-state index is 11.8. The summed E-state index contributed by atoms with van der Waals surface area (Å²) >= 11 is 5.64. The number of rotatable bonds is 2. The van der Waals surface area contributed by atoms with Crippen molar-refractivity contribution in [3.05, 3.63) is 28.8 Å². The van der Waals surface area contributed by atoms with Crippen molar-refractivity contribution >= 4 is 29.0 Å². The summed E-state index contributed by atoms with van der Waals surface area (Å²) in [6.45, 7) is 4.19. The van der Waals surface area contributed by atoms with Gasteiger partial charge < -0.3 is 4.90 Å². The highest BCUT2D eigenvalue weighted by Gasteiger charge is 2.36.